The summed E-state index contributed by atoms with van der Waals surface area (Å²) in [7, 11) is 0. The minimum atomic E-state index is -4.42. The van der Waals surface area contributed by atoms with Crippen molar-refractivity contribution in [3.63, 3.8) is 0 Å². The van der Waals surface area contributed by atoms with Crippen LogP contribution in [-0.4, -0.2) is 24.2 Å². The van der Waals surface area contributed by atoms with E-state index in [1.54, 1.807) is 6.07 Å². The van der Waals surface area contributed by atoms with E-state index in [4.69, 9.17) is 5.73 Å². The topological polar surface area (TPSA) is 67.1 Å². The maximum atomic E-state index is 14.5. The fraction of sp³-hybridized carbons (Fsp3) is 0.450. The number of alkyl halides is 3. The van der Waals surface area contributed by atoms with Crippen LogP contribution in [0.2, 0.25) is 0 Å². The van der Waals surface area contributed by atoms with Crippen molar-refractivity contribution in [3.8, 4) is 10.4 Å². The molecule has 4 nitrogen and oxygen atoms in total. The van der Waals surface area contributed by atoms with Gasteiger partial charge in [0.2, 0.25) is 5.91 Å². The largest absolute Gasteiger partial charge is 0.425 e. The van der Waals surface area contributed by atoms with Gasteiger partial charge in [-0.25, -0.2) is 4.39 Å². The molecule has 4 atom stereocenters. The van der Waals surface area contributed by atoms with Crippen LogP contribution < -0.4 is 16.4 Å². The zero-order valence-corrected chi connectivity index (χ0v) is 16.2. The zero-order valence-electron chi connectivity index (χ0n) is 15.4. The van der Waals surface area contributed by atoms with Crippen molar-refractivity contribution in [2.45, 2.75) is 50.1 Å². The van der Waals surface area contributed by atoms with Crippen LogP contribution in [0.5, 0.6) is 0 Å². The van der Waals surface area contributed by atoms with Crippen LogP contribution in [-0.2, 0) is 17.4 Å². The van der Waals surface area contributed by atoms with Gasteiger partial charge < -0.3 is 16.4 Å². The number of piperidine rings is 1. The first-order chi connectivity index (χ1) is 13.7. The molecule has 156 valence electrons. The maximum Gasteiger partial charge on any atom is 0.425 e. The number of halogens is 4. The predicted octanol–water partition coefficient (Wildman–Crippen LogP) is 3.66. The molecule has 1 aliphatic heterocycles. The molecular formula is C20H21F4N3OS. The summed E-state index contributed by atoms with van der Waals surface area (Å²) in [6.07, 6.45) is -1.95. The van der Waals surface area contributed by atoms with Crippen LogP contribution in [0.4, 0.5) is 17.6 Å². The molecule has 9 heteroatoms. The van der Waals surface area contributed by atoms with Crippen LogP contribution in [0.1, 0.15) is 29.7 Å². The summed E-state index contributed by atoms with van der Waals surface area (Å²) < 4.78 is 52.8. The third-order valence-corrected chi connectivity index (χ3v) is 6.81. The van der Waals surface area contributed by atoms with E-state index < -0.39 is 23.0 Å². The molecule has 1 amide bonds. The van der Waals surface area contributed by atoms with E-state index in [-0.39, 0.29) is 18.4 Å². The Hall–Kier alpha value is -1.97. The van der Waals surface area contributed by atoms with E-state index in [0.717, 1.165) is 25.3 Å². The third kappa shape index (κ3) is 4.31. The standard InChI is InChI=1S/C20H21F4N3OS/c21-14-8-11(15-5-6-16(29-15)20(22,23)24)2-1-10(14)9-17(25)27-19(28)18-12-3-4-13(7-12)26-18/h1-2,5-6,8,12-13,17-18,26H,3-4,7,9,25H2,(H,27,28)/t12-,13+,17-,18-/m0/s1. The maximum absolute atomic E-state index is 14.5. The molecule has 1 aromatic carbocycles. The number of nitrogens with two attached hydrogens (primary N) is 1. The average molecular weight is 427 g/mol. The number of thiophene rings is 1. The summed E-state index contributed by atoms with van der Waals surface area (Å²) in [6.45, 7) is 0. The predicted molar refractivity (Wildman–Crippen MR) is 103 cm³/mol. The summed E-state index contributed by atoms with van der Waals surface area (Å²) in [4.78, 5) is 12.0. The second-order valence-electron chi connectivity index (χ2n) is 7.70. The van der Waals surface area contributed by atoms with Crippen molar-refractivity contribution in [1.29, 1.82) is 0 Å². The first kappa shape index (κ1) is 20.3. The quantitative estimate of drug-likeness (QED) is 0.504. The van der Waals surface area contributed by atoms with Gasteiger partial charge in [0, 0.05) is 17.3 Å². The fourth-order valence-electron chi connectivity index (χ4n) is 4.22. The summed E-state index contributed by atoms with van der Waals surface area (Å²) in [5, 5.41) is 6.02. The fourth-order valence-corrected chi connectivity index (χ4v) is 5.09. The molecule has 0 spiro atoms. The Balaban J connectivity index is 1.39. The number of hydrogen-bond donors (Lipinski definition) is 3. The molecule has 1 saturated carbocycles. The summed E-state index contributed by atoms with van der Waals surface area (Å²) in [6, 6.07) is 6.74. The normalized spacial score (nSPS) is 24.7. The Morgan fingerprint density at radius 3 is 2.66 bits per heavy atom. The van der Waals surface area contributed by atoms with Crippen LogP contribution in [0.15, 0.2) is 30.3 Å². The lowest BCUT2D eigenvalue weighted by atomic mass is 9.99. The lowest BCUT2D eigenvalue weighted by Crippen LogP contribution is -2.53. The Labute approximate surface area is 169 Å². The lowest BCUT2D eigenvalue weighted by molar-refractivity contribution is -0.134. The molecule has 4 rings (SSSR count). The smallest absolute Gasteiger partial charge is 0.339 e. The number of hydrogen-bond acceptors (Lipinski definition) is 4. The Morgan fingerprint density at radius 1 is 1.28 bits per heavy atom. The first-order valence-corrected chi connectivity index (χ1v) is 10.3. The molecular weight excluding hydrogens is 406 g/mol. The molecule has 2 heterocycles. The lowest BCUT2D eigenvalue weighted by Gasteiger charge is -2.24. The molecule has 0 unspecified atom stereocenters. The van der Waals surface area contributed by atoms with Crippen molar-refractivity contribution in [1.82, 2.24) is 10.6 Å². The SMILES string of the molecule is N[C@H](Cc1ccc(-c2ccc(C(F)(F)F)s2)cc1F)NC(=O)[C@H]1N[C@@H]2CC[C@H]1C2. The van der Waals surface area contributed by atoms with E-state index in [0.29, 0.717) is 39.3 Å². The van der Waals surface area contributed by atoms with Gasteiger partial charge in [-0.1, -0.05) is 12.1 Å². The highest BCUT2D eigenvalue weighted by Crippen LogP contribution is 2.39. The molecule has 29 heavy (non-hydrogen) atoms. The molecule has 2 aromatic rings. The number of fused-ring (bicyclic) bond motifs is 2. The zero-order chi connectivity index (χ0) is 20.8. The van der Waals surface area contributed by atoms with Crippen LogP contribution in [0.3, 0.4) is 0 Å². The highest BCUT2D eigenvalue weighted by Gasteiger charge is 2.42. The molecule has 2 aliphatic rings. The third-order valence-electron chi connectivity index (χ3n) is 5.63. The first-order valence-electron chi connectivity index (χ1n) is 9.48. The minimum Gasteiger partial charge on any atom is -0.339 e. The van der Waals surface area contributed by atoms with Crippen molar-refractivity contribution >= 4 is 17.2 Å². The van der Waals surface area contributed by atoms with Crippen molar-refractivity contribution < 1.29 is 22.4 Å². The van der Waals surface area contributed by atoms with Crippen LogP contribution >= 0.6 is 11.3 Å². The molecule has 1 saturated heterocycles. The summed E-state index contributed by atoms with van der Waals surface area (Å²) >= 11 is 0.569. The second kappa shape index (κ2) is 7.70. The Bertz CT molecular complexity index is 913. The summed E-state index contributed by atoms with van der Waals surface area (Å²) in [5.41, 5.74) is 6.66. The number of nitrogens with one attached hydrogen (secondary N) is 2. The second-order valence-corrected chi connectivity index (χ2v) is 8.79. The number of amides is 1. The van der Waals surface area contributed by atoms with Gasteiger partial charge in [0.1, 0.15) is 10.7 Å². The van der Waals surface area contributed by atoms with Crippen molar-refractivity contribution in [2.24, 2.45) is 11.7 Å². The number of benzene rings is 1. The van der Waals surface area contributed by atoms with Gasteiger partial charge in [0.05, 0.1) is 12.2 Å². The average Bonchev–Trinajstić information content (AvgIpc) is 3.39. The van der Waals surface area contributed by atoms with Gasteiger partial charge in [-0.15, -0.1) is 11.3 Å². The van der Waals surface area contributed by atoms with Gasteiger partial charge in [-0.3, -0.25) is 4.79 Å². The van der Waals surface area contributed by atoms with E-state index >= 15 is 0 Å². The van der Waals surface area contributed by atoms with E-state index in [9.17, 15) is 22.4 Å². The van der Waals surface area contributed by atoms with Crippen molar-refractivity contribution in [2.75, 3.05) is 0 Å². The molecule has 2 bridgehead atoms. The highest BCUT2D eigenvalue weighted by molar-refractivity contribution is 7.15. The van der Waals surface area contributed by atoms with E-state index in [1.165, 1.54) is 18.2 Å². The number of carbonyl (C=O) groups is 1. The highest BCUT2D eigenvalue weighted by atomic mass is 32.1. The van der Waals surface area contributed by atoms with Gasteiger partial charge in [0.25, 0.3) is 0 Å². The molecule has 1 aromatic heterocycles. The van der Waals surface area contributed by atoms with Gasteiger partial charge in [-0.2, -0.15) is 13.2 Å². The van der Waals surface area contributed by atoms with Crippen molar-refractivity contribution in [3.05, 3.63) is 46.6 Å². The molecule has 0 radical (unpaired) electrons. The van der Waals surface area contributed by atoms with Gasteiger partial charge in [-0.05, 0) is 54.5 Å². The summed E-state index contributed by atoms with van der Waals surface area (Å²) in [5.74, 6) is -0.400. The monoisotopic (exact) mass is 427 g/mol. The minimum absolute atomic E-state index is 0.0942. The Morgan fingerprint density at radius 2 is 2.07 bits per heavy atom. The Kier molecular flexibility index (Phi) is 5.39. The molecule has 2 fully saturated rings. The van der Waals surface area contributed by atoms with E-state index in [2.05, 4.69) is 10.6 Å². The van der Waals surface area contributed by atoms with Crippen LogP contribution in [0.25, 0.3) is 10.4 Å². The van der Waals surface area contributed by atoms with E-state index in [1.807, 2.05) is 0 Å². The van der Waals surface area contributed by atoms with Gasteiger partial charge >= 0.3 is 6.18 Å². The molecule has 1 aliphatic carbocycles. The number of carbonyl (C=O) groups excluding carboxylic acids is 1. The van der Waals surface area contributed by atoms with Gasteiger partial charge in [0.15, 0.2) is 0 Å². The number of rotatable bonds is 5. The molecule has 4 N–H and O–H groups in total. The van der Waals surface area contributed by atoms with Crippen LogP contribution in [0, 0.1) is 11.7 Å².